The van der Waals surface area contributed by atoms with Crippen LogP contribution in [0.2, 0.25) is 36.3 Å². The number of β-lactam (4-membered cyclic amide) rings is 1. The summed E-state index contributed by atoms with van der Waals surface area (Å²) in [5.41, 5.74) is 1.71. The van der Waals surface area contributed by atoms with Crippen LogP contribution in [0.25, 0.3) is 10.8 Å². The van der Waals surface area contributed by atoms with Crippen molar-refractivity contribution in [2.45, 2.75) is 108 Å². The van der Waals surface area contributed by atoms with Crippen molar-refractivity contribution in [1.82, 2.24) is 4.90 Å². The molecule has 2 aromatic carbocycles. The van der Waals surface area contributed by atoms with Crippen molar-refractivity contribution in [3.05, 3.63) is 59.2 Å². The molecule has 3 aliphatic rings. The molecule has 0 radical (unpaired) electrons. The first-order chi connectivity index (χ1) is 23.0. The van der Waals surface area contributed by atoms with E-state index in [1.54, 1.807) is 6.07 Å². The summed E-state index contributed by atoms with van der Waals surface area (Å²) in [7, 11) is -7.90. The highest BCUT2D eigenvalue weighted by Crippen LogP contribution is 2.53. The van der Waals surface area contributed by atoms with Crippen LogP contribution in [0.5, 0.6) is 0 Å². The van der Waals surface area contributed by atoms with Crippen LogP contribution in [0.4, 0.5) is 5.69 Å². The molecule has 1 saturated heterocycles. The third kappa shape index (κ3) is 6.59. The van der Waals surface area contributed by atoms with Gasteiger partial charge in [0, 0.05) is 16.9 Å². The second kappa shape index (κ2) is 13.9. The molecule has 5 rings (SSSR count). The van der Waals surface area contributed by atoms with Crippen LogP contribution >= 0.6 is 11.8 Å². The van der Waals surface area contributed by atoms with Gasteiger partial charge in [-0.15, -0.1) is 0 Å². The minimum atomic E-state index is -3.95. The molecular weight excluding hydrogens is 693 g/mol. The number of amides is 1. The molecule has 1 amide bonds. The zero-order valence-electron chi connectivity index (χ0n) is 30.4. The minimum Gasteiger partial charge on any atom is -0.457 e. The Labute approximate surface area is 298 Å². The van der Waals surface area contributed by atoms with E-state index in [0.29, 0.717) is 29.0 Å². The second-order valence-corrected chi connectivity index (χ2v) is 27.3. The fraction of sp³-hybridized carbons (Fsp3) is 0.556. The van der Waals surface area contributed by atoms with E-state index in [1.165, 1.54) is 27.0 Å². The molecule has 2 aromatic rings. The number of hydrogen-bond acceptors (Lipinski definition) is 8. The lowest BCUT2D eigenvalue weighted by Crippen LogP contribution is -2.62. The van der Waals surface area contributed by atoms with E-state index in [4.69, 9.17) is 13.6 Å². The van der Waals surface area contributed by atoms with Gasteiger partial charge in [0.15, 0.2) is 16.6 Å². The summed E-state index contributed by atoms with van der Waals surface area (Å²) in [6.07, 6.45) is 1.78. The standard InChI is InChI=1S/C36H52N2O7S2Si2/c1-11-21-43-35(40)32-28(46-34-30(33(39)38(32)34)24(5)45-48(9,10)36(6,7)8)23-37-27-17-15-16-26-25(18-19-29(31(26)27)47(37,41)42)20-22-44-49(12-2,13-3)14-4/h11,15-19,24,30,34H,1,12-14,20-23H2,2-10H3/t24-,30?,34?/m0/s1. The van der Waals surface area contributed by atoms with Gasteiger partial charge in [-0.1, -0.05) is 84.2 Å². The first kappa shape index (κ1) is 37.8. The Balaban J connectivity index is 1.46. The van der Waals surface area contributed by atoms with Crippen molar-refractivity contribution < 1.29 is 31.6 Å². The topological polar surface area (TPSA) is 102 Å². The molecule has 13 heteroatoms. The van der Waals surface area contributed by atoms with Gasteiger partial charge in [-0.2, -0.15) is 0 Å². The molecular formula is C36H52N2O7S2Si2. The molecule has 9 nitrogen and oxygen atoms in total. The van der Waals surface area contributed by atoms with Gasteiger partial charge in [0.2, 0.25) is 5.91 Å². The fourth-order valence-electron chi connectivity index (χ4n) is 6.90. The molecule has 0 saturated carbocycles. The highest BCUT2D eigenvalue weighted by atomic mass is 32.2. The van der Waals surface area contributed by atoms with Crippen molar-refractivity contribution in [3.63, 3.8) is 0 Å². The average molecular weight is 745 g/mol. The lowest BCUT2D eigenvalue weighted by atomic mass is 9.92. The summed E-state index contributed by atoms with van der Waals surface area (Å²) < 4.78 is 48.4. The maximum absolute atomic E-state index is 14.2. The third-order valence-corrected chi connectivity index (χ3v) is 23.5. The minimum absolute atomic E-state index is 0.0288. The van der Waals surface area contributed by atoms with Gasteiger partial charge in [-0.25, -0.2) is 13.2 Å². The van der Waals surface area contributed by atoms with Crippen molar-refractivity contribution in [2.75, 3.05) is 24.1 Å². The molecule has 3 atom stereocenters. The summed E-state index contributed by atoms with van der Waals surface area (Å²) in [6, 6.07) is 12.5. The number of rotatable bonds is 15. The molecule has 49 heavy (non-hydrogen) atoms. The second-order valence-electron chi connectivity index (χ2n) is 14.8. The number of thioether (sulfide) groups is 1. The summed E-state index contributed by atoms with van der Waals surface area (Å²) >= 11 is 1.36. The first-order valence-corrected chi connectivity index (χ1v) is 25.1. The van der Waals surface area contributed by atoms with Crippen molar-refractivity contribution in [1.29, 1.82) is 0 Å². The SMILES string of the molecule is C=CCOC(=O)C1=C(CN2c3cccc4c(CCO[Si](CC)(CC)CC)ccc(c34)S2(=O)=O)SC2C([C@H](C)O[Si](C)(C)C(C)(C)C)C(=O)N12. The normalized spacial score (nSPS) is 20.9. The summed E-state index contributed by atoms with van der Waals surface area (Å²) in [6.45, 7) is 23.4. The number of sulfonamides is 1. The molecule has 3 heterocycles. The molecule has 0 bridgehead atoms. The number of ether oxygens (including phenoxy) is 1. The van der Waals surface area contributed by atoms with Gasteiger partial charge in [0.1, 0.15) is 17.7 Å². The zero-order valence-corrected chi connectivity index (χ0v) is 34.1. The molecule has 1 fully saturated rings. The van der Waals surface area contributed by atoms with Crippen molar-refractivity contribution in [3.8, 4) is 0 Å². The van der Waals surface area contributed by atoms with Crippen LogP contribution in [0.1, 0.15) is 54.0 Å². The quantitative estimate of drug-likeness (QED) is 0.0789. The summed E-state index contributed by atoms with van der Waals surface area (Å²) in [4.78, 5) is 29.4. The zero-order chi connectivity index (χ0) is 36.1. The van der Waals surface area contributed by atoms with E-state index in [-0.39, 0.29) is 40.8 Å². The lowest BCUT2D eigenvalue weighted by Gasteiger charge is -2.48. The van der Waals surface area contributed by atoms with Gasteiger partial charge in [-0.05, 0) is 72.7 Å². The average Bonchev–Trinajstić information content (AvgIpc) is 3.48. The Bertz CT molecular complexity index is 1770. The van der Waals surface area contributed by atoms with Gasteiger partial charge < -0.3 is 13.6 Å². The van der Waals surface area contributed by atoms with Crippen LogP contribution < -0.4 is 4.31 Å². The Morgan fingerprint density at radius 3 is 2.39 bits per heavy atom. The van der Waals surface area contributed by atoms with E-state index in [9.17, 15) is 18.0 Å². The Kier molecular flexibility index (Phi) is 10.8. The lowest BCUT2D eigenvalue weighted by molar-refractivity contribution is -0.157. The number of benzene rings is 2. The van der Waals surface area contributed by atoms with E-state index in [1.807, 2.05) is 31.2 Å². The van der Waals surface area contributed by atoms with Crippen LogP contribution in [0.15, 0.2) is 58.5 Å². The molecule has 0 aliphatic carbocycles. The molecule has 0 aromatic heterocycles. The highest BCUT2D eigenvalue weighted by Gasteiger charge is 2.59. The Hall–Kier alpha value is -2.43. The van der Waals surface area contributed by atoms with E-state index >= 15 is 0 Å². The number of esters is 1. The summed E-state index contributed by atoms with van der Waals surface area (Å²) in [5.74, 6) is -1.36. The Morgan fingerprint density at radius 2 is 1.78 bits per heavy atom. The number of carbonyl (C=O) groups is 2. The monoisotopic (exact) mass is 744 g/mol. The maximum atomic E-state index is 14.2. The molecule has 0 spiro atoms. The predicted octanol–water partition coefficient (Wildman–Crippen LogP) is 7.80. The van der Waals surface area contributed by atoms with Crippen LogP contribution in [0.3, 0.4) is 0 Å². The smallest absolute Gasteiger partial charge is 0.356 e. The number of fused-ring (bicyclic) bond motifs is 1. The van der Waals surface area contributed by atoms with Crippen molar-refractivity contribution in [2.24, 2.45) is 5.92 Å². The van der Waals surface area contributed by atoms with Crippen LogP contribution in [0, 0.1) is 5.92 Å². The van der Waals surface area contributed by atoms with Gasteiger partial charge in [-0.3, -0.25) is 14.0 Å². The molecule has 3 aliphatic heterocycles. The molecule has 0 N–H and O–H groups in total. The highest BCUT2D eigenvalue weighted by molar-refractivity contribution is 8.04. The largest absolute Gasteiger partial charge is 0.457 e. The fourth-order valence-corrected chi connectivity index (χ4v) is 14.3. The third-order valence-electron chi connectivity index (χ3n) is 11.1. The van der Waals surface area contributed by atoms with E-state index < -0.39 is 43.9 Å². The number of anilines is 1. The molecule has 268 valence electrons. The van der Waals surface area contributed by atoms with Crippen LogP contribution in [-0.4, -0.2) is 73.1 Å². The van der Waals surface area contributed by atoms with E-state index in [0.717, 1.165) is 29.1 Å². The first-order valence-electron chi connectivity index (χ1n) is 17.4. The summed E-state index contributed by atoms with van der Waals surface area (Å²) in [5, 5.41) is 1.13. The van der Waals surface area contributed by atoms with Gasteiger partial charge in [0.25, 0.3) is 10.0 Å². The molecule has 2 unspecified atom stereocenters. The number of nitrogens with zero attached hydrogens (tertiary/aromatic N) is 2. The van der Waals surface area contributed by atoms with E-state index in [2.05, 4.69) is 61.2 Å². The number of carbonyl (C=O) groups excluding carboxylic acids is 2. The van der Waals surface area contributed by atoms with Crippen molar-refractivity contribution >= 4 is 66.8 Å². The maximum Gasteiger partial charge on any atom is 0.356 e. The predicted molar refractivity (Wildman–Crippen MR) is 203 cm³/mol. The van der Waals surface area contributed by atoms with Gasteiger partial charge >= 0.3 is 5.97 Å². The van der Waals surface area contributed by atoms with Gasteiger partial charge in [0.05, 0.1) is 29.1 Å². The number of hydrogen-bond donors (Lipinski definition) is 0. The van der Waals surface area contributed by atoms with Crippen LogP contribution in [-0.2, 0) is 39.6 Å². The Morgan fingerprint density at radius 1 is 1.10 bits per heavy atom.